The number of nitrogens with zero attached hydrogens (tertiary/aromatic N) is 1. The lowest BCUT2D eigenvalue weighted by Crippen LogP contribution is -2.34. The van der Waals surface area contributed by atoms with Gasteiger partial charge in [0.25, 0.3) is 0 Å². The monoisotopic (exact) mass is 232 g/mol. The van der Waals surface area contributed by atoms with Gasteiger partial charge in [-0.2, -0.15) is 0 Å². The van der Waals surface area contributed by atoms with Gasteiger partial charge in [-0.15, -0.1) is 12.4 Å². The number of piperidine rings is 1. The zero-order valence-corrected chi connectivity index (χ0v) is 9.10. The molecule has 1 aromatic rings. The Kier molecular flexibility index (Phi) is 4.78. The summed E-state index contributed by atoms with van der Waals surface area (Å²) in [5.74, 6) is 0.174. The highest BCUT2D eigenvalue weighted by Crippen LogP contribution is 2.15. The molecule has 1 aliphatic heterocycles. The van der Waals surface area contributed by atoms with E-state index in [2.05, 4.69) is 10.3 Å². The van der Waals surface area contributed by atoms with Gasteiger partial charge in [0.15, 0.2) is 0 Å². The maximum absolute atomic E-state index is 12.8. The van der Waals surface area contributed by atoms with Gasteiger partial charge in [0.1, 0.15) is 17.7 Å². The van der Waals surface area contributed by atoms with Crippen molar-refractivity contribution < 1.29 is 9.13 Å². The Balaban J connectivity index is 0.00000112. The first-order valence-electron chi connectivity index (χ1n) is 4.82. The summed E-state index contributed by atoms with van der Waals surface area (Å²) in [5.41, 5.74) is 0. The van der Waals surface area contributed by atoms with Crippen LogP contribution in [0.25, 0.3) is 0 Å². The second-order valence-corrected chi connectivity index (χ2v) is 3.41. The van der Waals surface area contributed by atoms with Crippen LogP contribution >= 0.6 is 12.4 Å². The molecular formula is C10H14ClFN2O. The largest absolute Gasteiger partial charge is 0.489 e. The molecule has 2 rings (SSSR count). The highest BCUT2D eigenvalue weighted by Gasteiger charge is 2.14. The van der Waals surface area contributed by atoms with Gasteiger partial charge in [-0.25, -0.2) is 4.39 Å². The van der Waals surface area contributed by atoms with E-state index in [1.54, 1.807) is 6.20 Å². The molecule has 84 valence electrons. The van der Waals surface area contributed by atoms with E-state index in [4.69, 9.17) is 4.74 Å². The van der Waals surface area contributed by atoms with E-state index in [9.17, 15) is 4.39 Å². The van der Waals surface area contributed by atoms with Crippen LogP contribution in [0, 0.1) is 5.82 Å². The molecule has 1 aliphatic rings. The van der Waals surface area contributed by atoms with Crippen LogP contribution in [0.4, 0.5) is 4.39 Å². The summed E-state index contributed by atoms with van der Waals surface area (Å²) in [6.45, 7) is 1.93. The van der Waals surface area contributed by atoms with E-state index in [1.807, 2.05) is 0 Å². The van der Waals surface area contributed by atoms with E-state index in [0.29, 0.717) is 5.75 Å². The molecule has 0 bridgehead atoms. The molecule has 5 heteroatoms. The van der Waals surface area contributed by atoms with Gasteiger partial charge in [-0.1, -0.05) is 0 Å². The van der Waals surface area contributed by atoms with E-state index >= 15 is 0 Å². The van der Waals surface area contributed by atoms with Gasteiger partial charge in [-0.05, 0) is 25.9 Å². The average molecular weight is 233 g/mol. The van der Waals surface area contributed by atoms with Crippen LogP contribution in [0.2, 0.25) is 0 Å². The number of halogens is 2. The molecular weight excluding hydrogens is 219 g/mol. The summed E-state index contributed by atoms with van der Waals surface area (Å²) in [4.78, 5) is 3.73. The van der Waals surface area contributed by atoms with Crippen LogP contribution in [-0.2, 0) is 0 Å². The third-order valence-electron chi connectivity index (χ3n) is 2.27. The Bertz CT molecular complexity index is 305. The SMILES string of the molecule is Cl.Fc1cncc(OC2CCNCC2)c1. The lowest BCUT2D eigenvalue weighted by molar-refractivity contribution is 0.161. The molecule has 0 spiro atoms. The van der Waals surface area contributed by atoms with E-state index in [0.717, 1.165) is 25.9 Å². The van der Waals surface area contributed by atoms with Crippen molar-refractivity contribution in [1.82, 2.24) is 10.3 Å². The second-order valence-electron chi connectivity index (χ2n) is 3.41. The predicted octanol–water partition coefficient (Wildman–Crippen LogP) is 1.77. The van der Waals surface area contributed by atoms with Gasteiger partial charge in [-0.3, -0.25) is 4.98 Å². The molecule has 0 amide bonds. The van der Waals surface area contributed by atoms with Crippen molar-refractivity contribution in [2.75, 3.05) is 13.1 Å². The van der Waals surface area contributed by atoms with Crippen LogP contribution in [-0.4, -0.2) is 24.2 Å². The van der Waals surface area contributed by atoms with E-state index in [1.165, 1.54) is 12.3 Å². The third kappa shape index (κ3) is 3.64. The number of aromatic nitrogens is 1. The number of hydrogen-bond donors (Lipinski definition) is 1. The van der Waals surface area contributed by atoms with Crippen LogP contribution < -0.4 is 10.1 Å². The molecule has 1 saturated heterocycles. The van der Waals surface area contributed by atoms with Crippen molar-refractivity contribution >= 4 is 12.4 Å². The van der Waals surface area contributed by atoms with Gasteiger partial charge >= 0.3 is 0 Å². The van der Waals surface area contributed by atoms with Gasteiger partial charge < -0.3 is 10.1 Å². The van der Waals surface area contributed by atoms with E-state index < -0.39 is 0 Å². The topological polar surface area (TPSA) is 34.1 Å². The minimum absolute atomic E-state index is 0. The Labute approximate surface area is 94.5 Å². The molecule has 0 aromatic carbocycles. The lowest BCUT2D eigenvalue weighted by Gasteiger charge is -2.23. The Morgan fingerprint density at radius 3 is 2.73 bits per heavy atom. The summed E-state index contributed by atoms with van der Waals surface area (Å²) >= 11 is 0. The fourth-order valence-electron chi connectivity index (χ4n) is 1.56. The maximum atomic E-state index is 12.8. The lowest BCUT2D eigenvalue weighted by atomic mass is 10.1. The van der Waals surface area contributed by atoms with Gasteiger partial charge in [0, 0.05) is 6.07 Å². The molecule has 1 N–H and O–H groups in total. The normalized spacial score (nSPS) is 16.9. The molecule has 1 fully saturated rings. The Morgan fingerprint density at radius 1 is 1.33 bits per heavy atom. The minimum Gasteiger partial charge on any atom is -0.489 e. The maximum Gasteiger partial charge on any atom is 0.145 e. The first-order chi connectivity index (χ1) is 6.84. The molecule has 2 heterocycles. The molecule has 0 unspecified atom stereocenters. The van der Waals surface area contributed by atoms with Crippen LogP contribution in [0.3, 0.4) is 0 Å². The van der Waals surface area contributed by atoms with Crippen LogP contribution in [0.15, 0.2) is 18.5 Å². The van der Waals surface area contributed by atoms with E-state index in [-0.39, 0.29) is 24.3 Å². The number of rotatable bonds is 2. The zero-order valence-electron chi connectivity index (χ0n) is 8.28. The smallest absolute Gasteiger partial charge is 0.145 e. The van der Waals surface area contributed by atoms with Crippen LogP contribution in [0.1, 0.15) is 12.8 Å². The summed E-state index contributed by atoms with van der Waals surface area (Å²) < 4.78 is 18.4. The number of ether oxygens (including phenoxy) is 1. The number of nitrogens with one attached hydrogen (secondary N) is 1. The first-order valence-corrected chi connectivity index (χ1v) is 4.82. The van der Waals surface area contributed by atoms with Crippen molar-refractivity contribution in [2.24, 2.45) is 0 Å². The molecule has 0 aliphatic carbocycles. The fourth-order valence-corrected chi connectivity index (χ4v) is 1.56. The average Bonchev–Trinajstić information content (AvgIpc) is 2.19. The quantitative estimate of drug-likeness (QED) is 0.844. The highest BCUT2D eigenvalue weighted by atomic mass is 35.5. The molecule has 15 heavy (non-hydrogen) atoms. The molecule has 0 saturated carbocycles. The summed E-state index contributed by atoms with van der Waals surface area (Å²) in [6.07, 6.45) is 4.85. The van der Waals surface area contributed by atoms with Gasteiger partial charge in [0.05, 0.1) is 12.4 Å². The third-order valence-corrected chi connectivity index (χ3v) is 2.27. The van der Waals surface area contributed by atoms with Crippen molar-refractivity contribution in [3.63, 3.8) is 0 Å². The van der Waals surface area contributed by atoms with Crippen molar-refractivity contribution in [2.45, 2.75) is 18.9 Å². The predicted molar refractivity (Wildman–Crippen MR) is 58.0 cm³/mol. The number of pyridine rings is 1. The molecule has 0 atom stereocenters. The molecule has 1 aromatic heterocycles. The highest BCUT2D eigenvalue weighted by molar-refractivity contribution is 5.85. The Morgan fingerprint density at radius 2 is 2.07 bits per heavy atom. The molecule has 3 nitrogen and oxygen atoms in total. The summed E-state index contributed by atoms with van der Waals surface area (Å²) in [6, 6.07) is 1.37. The van der Waals surface area contributed by atoms with Crippen molar-refractivity contribution in [1.29, 1.82) is 0 Å². The minimum atomic E-state index is -0.351. The molecule has 0 radical (unpaired) electrons. The summed E-state index contributed by atoms with van der Waals surface area (Å²) in [7, 11) is 0. The van der Waals surface area contributed by atoms with Crippen molar-refractivity contribution in [3.8, 4) is 5.75 Å². The van der Waals surface area contributed by atoms with Crippen molar-refractivity contribution in [3.05, 3.63) is 24.3 Å². The summed E-state index contributed by atoms with van der Waals surface area (Å²) in [5, 5.41) is 3.24. The van der Waals surface area contributed by atoms with Crippen LogP contribution in [0.5, 0.6) is 5.75 Å². The standard InChI is InChI=1S/C10H13FN2O.ClH/c11-8-5-10(7-13-6-8)14-9-1-3-12-4-2-9;/h5-7,9,12H,1-4H2;1H. The van der Waals surface area contributed by atoms with Gasteiger partial charge in [0.2, 0.25) is 0 Å². The second kappa shape index (κ2) is 5.88. The Hall–Kier alpha value is -0.870. The fraction of sp³-hybridized carbons (Fsp3) is 0.500. The number of hydrogen-bond acceptors (Lipinski definition) is 3. The zero-order chi connectivity index (χ0) is 9.80. The first kappa shape index (κ1) is 12.2.